The smallest absolute Gasteiger partial charge is 0.323 e. The monoisotopic (exact) mass is 916 g/mol. The zero-order valence-electron chi connectivity index (χ0n) is 40.6. The molecule has 3 N–H and O–H groups in total. The van der Waals surface area contributed by atoms with Gasteiger partial charge in [0, 0.05) is 0 Å². The highest BCUT2D eigenvalue weighted by Crippen LogP contribution is 2.53. The van der Waals surface area contributed by atoms with E-state index in [9.17, 15) is 14.7 Å². The summed E-state index contributed by atoms with van der Waals surface area (Å²) < 4.78 is 12.5. The third-order valence-electron chi connectivity index (χ3n) is 13.7. The molecule has 9 rings (SSSR count). The molecule has 0 saturated heterocycles. The van der Waals surface area contributed by atoms with E-state index in [1.165, 1.54) is 0 Å². The van der Waals surface area contributed by atoms with Crippen LogP contribution in [0.25, 0.3) is 22.3 Å². The number of hydrogen-bond acceptors (Lipinski definition) is 7. The summed E-state index contributed by atoms with van der Waals surface area (Å²) in [6.45, 7) is 11.3. The average Bonchev–Trinajstić information content (AvgIpc) is 3.80. The van der Waals surface area contributed by atoms with Gasteiger partial charge in [-0.3, -0.25) is 20.2 Å². The molecule has 0 bridgehead atoms. The number of fused-ring (bicyclic) bond motifs is 6. The molecule has 0 radical (unpaired) electrons. The van der Waals surface area contributed by atoms with Gasteiger partial charge in [-0.05, 0) is 134 Å². The Balaban J connectivity index is 1.11. The Labute approximate surface area is 408 Å². The second kappa shape index (κ2) is 19.4. The maximum absolute atomic E-state index is 15.0. The SMILES string of the molecule is CC(C)(C)OC(=O)[C@H](CC[C@@H](O)[C@@H](Cc1ccccc1)C[C@H](NC1(c2ccccc2)c2ccccc2-c2ccccc21)C(=O)OC(C)(C)C)NC1(c2ccccc2)c2ccccc2-c2ccccc21. The Bertz CT molecular complexity index is 2810. The molecular formula is C62H64N2O5. The van der Waals surface area contributed by atoms with Gasteiger partial charge in [0.2, 0.25) is 0 Å². The largest absolute Gasteiger partial charge is 0.459 e. The molecule has 0 fully saturated rings. The third kappa shape index (κ3) is 9.56. The molecule has 2 aliphatic carbocycles. The van der Waals surface area contributed by atoms with E-state index in [4.69, 9.17) is 9.47 Å². The lowest BCUT2D eigenvalue weighted by Gasteiger charge is -2.39. The number of aliphatic hydroxyl groups excluding tert-OH is 1. The molecule has 7 aromatic carbocycles. The van der Waals surface area contributed by atoms with Gasteiger partial charge in [0.15, 0.2) is 0 Å². The number of ether oxygens (including phenoxy) is 2. The Morgan fingerprint density at radius 1 is 0.464 bits per heavy atom. The van der Waals surface area contributed by atoms with Crippen LogP contribution in [0, 0.1) is 5.92 Å². The third-order valence-corrected chi connectivity index (χ3v) is 13.7. The van der Waals surface area contributed by atoms with Crippen LogP contribution in [0.15, 0.2) is 188 Å². The molecule has 7 heteroatoms. The molecule has 352 valence electrons. The Morgan fingerprint density at radius 2 is 0.797 bits per heavy atom. The van der Waals surface area contributed by atoms with Crippen molar-refractivity contribution < 1.29 is 24.2 Å². The van der Waals surface area contributed by atoms with Crippen molar-refractivity contribution in [3.63, 3.8) is 0 Å². The van der Waals surface area contributed by atoms with Crippen LogP contribution in [0.4, 0.5) is 0 Å². The van der Waals surface area contributed by atoms with Crippen molar-refractivity contribution >= 4 is 11.9 Å². The fourth-order valence-electron chi connectivity index (χ4n) is 10.8. The average molecular weight is 917 g/mol. The first-order valence-corrected chi connectivity index (χ1v) is 24.4. The van der Waals surface area contributed by atoms with Gasteiger partial charge in [-0.15, -0.1) is 0 Å². The van der Waals surface area contributed by atoms with Crippen LogP contribution in [-0.4, -0.2) is 46.4 Å². The van der Waals surface area contributed by atoms with E-state index in [1.54, 1.807) is 0 Å². The van der Waals surface area contributed by atoms with Crippen molar-refractivity contribution in [3.05, 3.63) is 227 Å². The normalized spacial score (nSPS) is 15.9. The highest BCUT2D eigenvalue weighted by molar-refractivity contribution is 5.86. The predicted octanol–water partition coefficient (Wildman–Crippen LogP) is 11.9. The molecule has 7 nitrogen and oxygen atoms in total. The zero-order valence-corrected chi connectivity index (χ0v) is 40.6. The van der Waals surface area contributed by atoms with Crippen LogP contribution in [-0.2, 0) is 36.6 Å². The van der Waals surface area contributed by atoms with Gasteiger partial charge in [0.25, 0.3) is 0 Å². The lowest BCUT2D eigenvalue weighted by Crippen LogP contribution is -2.54. The van der Waals surface area contributed by atoms with Crippen molar-refractivity contribution in [1.82, 2.24) is 10.6 Å². The zero-order chi connectivity index (χ0) is 48.4. The van der Waals surface area contributed by atoms with E-state index in [-0.39, 0.29) is 19.3 Å². The first-order chi connectivity index (χ1) is 33.2. The van der Waals surface area contributed by atoms with Crippen molar-refractivity contribution in [2.24, 2.45) is 5.92 Å². The quantitative estimate of drug-likeness (QED) is 0.0831. The van der Waals surface area contributed by atoms with E-state index in [2.05, 4.69) is 120 Å². The van der Waals surface area contributed by atoms with Crippen molar-refractivity contribution in [3.8, 4) is 22.3 Å². The van der Waals surface area contributed by atoms with E-state index >= 15 is 0 Å². The fraction of sp³-hybridized carbons (Fsp3) is 0.290. The maximum atomic E-state index is 15.0. The summed E-state index contributed by atoms with van der Waals surface area (Å²) in [6, 6.07) is 62.5. The number of esters is 2. The van der Waals surface area contributed by atoms with Gasteiger partial charge in [-0.2, -0.15) is 0 Å². The topological polar surface area (TPSA) is 96.9 Å². The summed E-state index contributed by atoms with van der Waals surface area (Å²) in [5.41, 5.74) is 8.17. The first kappa shape index (κ1) is 47.4. The Hall–Kier alpha value is -6.64. The lowest BCUT2D eigenvalue weighted by atomic mass is 9.78. The van der Waals surface area contributed by atoms with Crippen LogP contribution >= 0.6 is 0 Å². The number of benzene rings is 7. The summed E-state index contributed by atoms with van der Waals surface area (Å²) in [6.07, 6.45) is 0.255. The van der Waals surface area contributed by atoms with E-state index in [1.807, 2.05) is 120 Å². The Morgan fingerprint density at radius 3 is 1.19 bits per heavy atom. The van der Waals surface area contributed by atoms with Crippen LogP contribution < -0.4 is 10.6 Å². The summed E-state index contributed by atoms with van der Waals surface area (Å²) in [4.78, 5) is 29.7. The van der Waals surface area contributed by atoms with Gasteiger partial charge in [-0.1, -0.05) is 188 Å². The minimum atomic E-state index is -0.949. The molecule has 7 aromatic rings. The lowest BCUT2D eigenvalue weighted by molar-refractivity contribution is -0.159. The number of rotatable bonds is 16. The Kier molecular flexibility index (Phi) is 13.3. The number of carbonyl (C=O) groups is 2. The van der Waals surface area contributed by atoms with Gasteiger partial charge in [-0.25, -0.2) is 0 Å². The molecule has 0 aromatic heterocycles. The predicted molar refractivity (Wildman–Crippen MR) is 275 cm³/mol. The van der Waals surface area contributed by atoms with E-state index < -0.39 is 58.3 Å². The van der Waals surface area contributed by atoms with Crippen LogP contribution in [0.2, 0.25) is 0 Å². The van der Waals surface area contributed by atoms with Crippen LogP contribution in [0.3, 0.4) is 0 Å². The molecule has 0 heterocycles. The summed E-state index contributed by atoms with van der Waals surface area (Å²) in [5, 5.41) is 20.8. The minimum Gasteiger partial charge on any atom is -0.459 e. The highest BCUT2D eigenvalue weighted by Gasteiger charge is 2.49. The van der Waals surface area contributed by atoms with Crippen LogP contribution in [0.1, 0.15) is 99.7 Å². The van der Waals surface area contributed by atoms with E-state index in [0.29, 0.717) is 6.42 Å². The minimum absolute atomic E-state index is 0.235. The van der Waals surface area contributed by atoms with Crippen molar-refractivity contribution in [2.75, 3.05) is 0 Å². The van der Waals surface area contributed by atoms with Crippen molar-refractivity contribution in [1.29, 1.82) is 0 Å². The van der Waals surface area contributed by atoms with E-state index in [0.717, 1.165) is 61.2 Å². The maximum Gasteiger partial charge on any atom is 0.323 e. The van der Waals surface area contributed by atoms with Gasteiger partial charge >= 0.3 is 11.9 Å². The van der Waals surface area contributed by atoms with Gasteiger partial charge in [0.05, 0.1) is 17.2 Å². The highest BCUT2D eigenvalue weighted by atomic mass is 16.6. The number of carbonyl (C=O) groups excluding carboxylic acids is 2. The standard InChI is InChI=1S/C62H64N2O5/c1-59(2,3)68-57(66)54(63-61(44-26-12-8-13-27-44)50-34-20-16-30-46(50)47-31-17-21-35-51(47)61)38-39-56(65)43(40-42-24-10-7-11-25-42)41-55(58(67)69-60(4,5)6)64-62(45-28-14-9-15-29-45)52-36-22-18-32-48(52)49-33-19-23-37-53(49)62/h7-37,43,54-56,63-65H,38-41H2,1-6H3/t43-,54-,55-,56+/m0/s1. The summed E-state index contributed by atoms with van der Waals surface area (Å²) in [7, 11) is 0. The molecular weight excluding hydrogens is 853 g/mol. The first-order valence-electron chi connectivity index (χ1n) is 24.4. The summed E-state index contributed by atoms with van der Waals surface area (Å²) >= 11 is 0. The van der Waals surface area contributed by atoms with Crippen LogP contribution in [0.5, 0.6) is 0 Å². The number of nitrogens with one attached hydrogen (secondary N) is 2. The molecule has 0 spiro atoms. The second-order valence-corrected chi connectivity index (χ2v) is 20.7. The van der Waals surface area contributed by atoms with Crippen molar-refractivity contribution in [2.45, 2.75) is 108 Å². The molecule has 2 aliphatic rings. The van der Waals surface area contributed by atoms with Gasteiger partial charge < -0.3 is 14.6 Å². The number of hydrogen-bond donors (Lipinski definition) is 3. The second-order valence-electron chi connectivity index (χ2n) is 20.7. The molecule has 69 heavy (non-hydrogen) atoms. The fourth-order valence-corrected chi connectivity index (χ4v) is 10.8. The molecule has 0 aliphatic heterocycles. The molecule has 0 saturated carbocycles. The molecule has 0 unspecified atom stereocenters. The van der Waals surface area contributed by atoms with Gasteiger partial charge in [0.1, 0.15) is 23.3 Å². The number of aliphatic hydroxyl groups is 1. The summed E-state index contributed by atoms with van der Waals surface area (Å²) in [5.74, 6) is -1.25. The molecule has 0 amide bonds. The molecule has 4 atom stereocenters.